The van der Waals surface area contributed by atoms with Gasteiger partial charge in [-0.3, -0.25) is 9.88 Å². The van der Waals surface area contributed by atoms with Crippen LogP contribution in [0.1, 0.15) is 0 Å². The zero-order valence-electron chi connectivity index (χ0n) is 14.4. The van der Waals surface area contributed by atoms with Crippen LogP contribution in [0.4, 0.5) is 5.82 Å². The van der Waals surface area contributed by atoms with Crippen LogP contribution >= 0.6 is 0 Å². The van der Waals surface area contributed by atoms with E-state index < -0.39 is 6.10 Å². The summed E-state index contributed by atoms with van der Waals surface area (Å²) in [6.07, 6.45) is 4.65. The van der Waals surface area contributed by atoms with Gasteiger partial charge in [-0.15, -0.1) is 0 Å². The first-order valence-electron chi connectivity index (χ1n) is 8.43. The van der Waals surface area contributed by atoms with Gasteiger partial charge in [-0.05, 0) is 24.3 Å². The molecule has 134 valence electrons. The van der Waals surface area contributed by atoms with Gasteiger partial charge >= 0.3 is 0 Å². The largest absolute Gasteiger partial charge is 0.497 e. The van der Waals surface area contributed by atoms with Crippen LogP contribution in [0.25, 0.3) is 0 Å². The minimum atomic E-state index is -0.523. The molecular weight excluding hydrogens is 320 g/mol. The van der Waals surface area contributed by atoms with Crippen molar-refractivity contribution >= 4 is 5.82 Å². The van der Waals surface area contributed by atoms with Crippen molar-refractivity contribution in [2.75, 3.05) is 51.3 Å². The lowest BCUT2D eigenvalue weighted by atomic mass is 10.2. The van der Waals surface area contributed by atoms with E-state index in [2.05, 4.69) is 19.8 Å². The molecule has 0 spiro atoms. The maximum Gasteiger partial charge on any atom is 0.147 e. The summed E-state index contributed by atoms with van der Waals surface area (Å²) in [6.45, 7) is 4.41. The summed E-state index contributed by atoms with van der Waals surface area (Å²) in [6, 6.07) is 7.36. The molecule has 1 aromatic heterocycles. The van der Waals surface area contributed by atoms with Crippen molar-refractivity contribution in [2.24, 2.45) is 0 Å². The number of nitrogens with zero attached hydrogens (tertiary/aromatic N) is 4. The zero-order valence-corrected chi connectivity index (χ0v) is 14.4. The van der Waals surface area contributed by atoms with Crippen LogP contribution in [0.15, 0.2) is 42.9 Å². The fourth-order valence-corrected chi connectivity index (χ4v) is 2.83. The van der Waals surface area contributed by atoms with E-state index in [1.807, 2.05) is 24.3 Å². The first-order valence-corrected chi connectivity index (χ1v) is 8.43. The Morgan fingerprint density at radius 1 is 1.08 bits per heavy atom. The second-order valence-electron chi connectivity index (χ2n) is 5.99. The first-order chi connectivity index (χ1) is 12.2. The number of aliphatic hydroxyl groups is 1. The maximum absolute atomic E-state index is 10.2. The van der Waals surface area contributed by atoms with Gasteiger partial charge in [-0.1, -0.05) is 0 Å². The molecule has 2 heterocycles. The average Bonchev–Trinajstić information content (AvgIpc) is 2.68. The Morgan fingerprint density at radius 3 is 2.44 bits per heavy atom. The molecular formula is C18H24N4O3. The van der Waals surface area contributed by atoms with Crippen molar-refractivity contribution in [1.82, 2.24) is 14.9 Å². The fourth-order valence-electron chi connectivity index (χ4n) is 2.83. The number of aromatic nitrogens is 2. The molecule has 7 heteroatoms. The van der Waals surface area contributed by atoms with Crippen LogP contribution in [-0.4, -0.2) is 72.5 Å². The highest BCUT2D eigenvalue weighted by molar-refractivity contribution is 5.35. The number of hydrogen-bond acceptors (Lipinski definition) is 7. The lowest BCUT2D eigenvalue weighted by Crippen LogP contribution is -2.49. The summed E-state index contributed by atoms with van der Waals surface area (Å²) in [5.41, 5.74) is 0. The van der Waals surface area contributed by atoms with E-state index in [9.17, 15) is 5.11 Å². The van der Waals surface area contributed by atoms with E-state index in [-0.39, 0.29) is 6.61 Å². The van der Waals surface area contributed by atoms with Gasteiger partial charge in [0, 0.05) is 45.1 Å². The predicted molar refractivity (Wildman–Crippen MR) is 95.2 cm³/mol. The molecule has 25 heavy (non-hydrogen) atoms. The van der Waals surface area contributed by atoms with E-state index >= 15 is 0 Å². The molecule has 1 aliphatic heterocycles. The van der Waals surface area contributed by atoms with E-state index in [0.717, 1.165) is 43.5 Å². The maximum atomic E-state index is 10.2. The molecule has 1 fully saturated rings. The van der Waals surface area contributed by atoms with Crippen LogP contribution in [0.3, 0.4) is 0 Å². The molecule has 2 aromatic rings. The van der Waals surface area contributed by atoms with Crippen molar-refractivity contribution < 1.29 is 14.6 Å². The Labute approximate surface area is 147 Å². The summed E-state index contributed by atoms with van der Waals surface area (Å²) in [7, 11) is 1.63. The standard InChI is InChI=1S/C18H24N4O3/c1-24-16-2-4-17(5-3-16)25-14-15(23)13-21-8-10-22(11-9-21)18-12-19-6-7-20-18/h2-7,12,15,23H,8-11,13-14H2,1H3/t15-/m0/s1. The number of rotatable bonds is 7. The summed E-state index contributed by atoms with van der Waals surface area (Å²) < 4.78 is 10.8. The van der Waals surface area contributed by atoms with Gasteiger partial charge in [0.05, 0.1) is 13.3 Å². The molecule has 0 bridgehead atoms. The van der Waals surface area contributed by atoms with Crippen molar-refractivity contribution in [2.45, 2.75) is 6.10 Å². The quantitative estimate of drug-likeness (QED) is 0.805. The van der Waals surface area contributed by atoms with Gasteiger partial charge in [0.25, 0.3) is 0 Å². The molecule has 3 rings (SSSR count). The van der Waals surface area contributed by atoms with Crippen LogP contribution in [-0.2, 0) is 0 Å². The summed E-state index contributed by atoms with van der Waals surface area (Å²) in [4.78, 5) is 12.9. The molecule has 1 aromatic carbocycles. The van der Waals surface area contributed by atoms with Crippen LogP contribution in [0.5, 0.6) is 11.5 Å². The van der Waals surface area contributed by atoms with Gasteiger partial charge in [0.1, 0.15) is 30.0 Å². The normalized spacial score (nSPS) is 16.5. The van der Waals surface area contributed by atoms with Gasteiger partial charge in [-0.25, -0.2) is 4.98 Å². The third kappa shape index (κ3) is 5.04. The van der Waals surface area contributed by atoms with Crippen LogP contribution in [0, 0.1) is 0 Å². The molecule has 0 amide bonds. The third-order valence-electron chi connectivity index (χ3n) is 4.22. The van der Waals surface area contributed by atoms with Crippen LogP contribution in [0.2, 0.25) is 0 Å². The number of piperazine rings is 1. The van der Waals surface area contributed by atoms with E-state index in [1.54, 1.807) is 25.7 Å². The van der Waals surface area contributed by atoms with Gasteiger partial charge in [0.2, 0.25) is 0 Å². The minimum absolute atomic E-state index is 0.275. The molecule has 0 saturated carbocycles. The van der Waals surface area contributed by atoms with E-state index in [4.69, 9.17) is 9.47 Å². The molecule has 1 atom stereocenters. The summed E-state index contributed by atoms with van der Waals surface area (Å²) >= 11 is 0. The molecule has 0 radical (unpaired) electrons. The smallest absolute Gasteiger partial charge is 0.147 e. The van der Waals surface area contributed by atoms with Crippen molar-refractivity contribution in [1.29, 1.82) is 0 Å². The molecule has 7 nitrogen and oxygen atoms in total. The third-order valence-corrected chi connectivity index (χ3v) is 4.22. The van der Waals surface area contributed by atoms with Crippen molar-refractivity contribution in [3.8, 4) is 11.5 Å². The highest BCUT2D eigenvalue weighted by Gasteiger charge is 2.20. The number of aliphatic hydroxyl groups excluding tert-OH is 1. The number of benzene rings is 1. The van der Waals surface area contributed by atoms with E-state index in [1.165, 1.54) is 0 Å². The monoisotopic (exact) mass is 344 g/mol. The Bertz CT molecular complexity index is 631. The van der Waals surface area contributed by atoms with Crippen molar-refractivity contribution in [3.63, 3.8) is 0 Å². The van der Waals surface area contributed by atoms with Crippen LogP contribution < -0.4 is 14.4 Å². The molecule has 0 aliphatic carbocycles. The van der Waals surface area contributed by atoms with Gasteiger partial charge in [0.15, 0.2) is 0 Å². The molecule has 1 saturated heterocycles. The number of β-amino-alcohol motifs (C(OH)–C–C–N with tert-alkyl or cyclic N) is 1. The minimum Gasteiger partial charge on any atom is -0.497 e. The average molecular weight is 344 g/mol. The summed E-state index contributed by atoms with van der Waals surface area (Å²) in [5, 5.41) is 10.2. The zero-order chi connectivity index (χ0) is 17.5. The van der Waals surface area contributed by atoms with Gasteiger partial charge < -0.3 is 19.5 Å². The summed E-state index contributed by atoms with van der Waals surface area (Å²) in [5.74, 6) is 2.42. The van der Waals surface area contributed by atoms with Gasteiger partial charge in [-0.2, -0.15) is 0 Å². The highest BCUT2D eigenvalue weighted by Crippen LogP contribution is 2.17. The topological polar surface area (TPSA) is 71.0 Å². The number of ether oxygens (including phenoxy) is 2. The predicted octanol–water partition coefficient (Wildman–Crippen LogP) is 1.05. The highest BCUT2D eigenvalue weighted by atomic mass is 16.5. The number of anilines is 1. The lowest BCUT2D eigenvalue weighted by molar-refractivity contribution is 0.0662. The van der Waals surface area contributed by atoms with Crippen molar-refractivity contribution in [3.05, 3.63) is 42.9 Å². The second-order valence-corrected chi connectivity index (χ2v) is 5.99. The number of methoxy groups -OCH3 is 1. The Hall–Kier alpha value is -2.38. The lowest BCUT2D eigenvalue weighted by Gasteiger charge is -2.36. The SMILES string of the molecule is COc1ccc(OC[C@@H](O)CN2CCN(c3cnccn3)CC2)cc1. The number of hydrogen-bond donors (Lipinski definition) is 1. The molecule has 1 aliphatic rings. The molecule has 0 unspecified atom stereocenters. The Morgan fingerprint density at radius 2 is 1.80 bits per heavy atom. The Kier molecular flexibility index (Phi) is 6.03. The first kappa shape index (κ1) is 17.4. The molecule has 1 N–H and O–H groups in total. The Balaban J connectivity index is 1.39. The second kappa shape index (κ2) is 8.64. The fraction of sp³-hybridized carbons (Fsp3) is 0.444. The van der Waals surface area contributed by atoms with E-state index in [0.29, 0.717) is 6.54 Å².